The summed E-state index contributed by atoms with van der Waals surface area (Å²) in [7, 11) is 0. The molecule has 4 nitrogen and oxygen atoms in total. The summed E-state index contributed by atoms with van der Waals surface area (Å²) in [5.41, 5.74) is 0. The second-order valence-electron chi connectivity index (χ2n) is 4.80. The number of halogens is 2. The van der Waals surface area contributed by atoms with Crippen molar-refractivity contribution in [2.75, 3.05) is 12.3 Å². The summed E-state index contributed by atoms with van der Waals surface area (Å²) in [5, 5.41) is 9.12. The van der Waals surface area contributed by atoms with Crippen molar-refractivity contribution >= 4 is 23.6 Å². The number of rotatable bonds is 4. The minimum Gasteiger partial charge on any atom is -0.480 e. The van der Waals surface area contributed by atoms with Gasteiger partial charge in [0.25, 0.3) is 0 Å². The molecule has 1 amide bonds. The normalized spacial score (nSPS) is 18.6. The molecule has 1 aliphatic heterocycles. The topological polar surface area (TPSA) is 57.6 Å². The number of aliphatic carboxylic acids is 1. The van der Waals surface area contributed by atoms with Gasteiger partial charge in [-0.15, -0.1) is 11.8 Å². The summed E-state index contributed by atoms with van der Waals surface area (Å²) < 4.78 is 25.9. The molecule has 1 saturated heterocycles. The zero-order chi connectivity index (χ0) is 15.4. The van der Waals surface area contributed by atoms with E-state index in [1.54, 1.807) is 0 Å². The maximum atomic E-state index is 13.1. The van der Waals surface area contributed by atoms with Crippen LogP contribution in [0.2, 0.25) is 0 Å². The van der Waals surface area contributed by atoms with Crippen molar-refractivity contribution in [2.45, 2.75) is 30.2 Å². The van der Waals surface area contributed by atoms with E-state index in [2.05, 4.69) is 0 Å². The van der Waals surface area contributed by atoms with Crippen LogP contribution in [0.3, 0.4) is 0 Å². The minimum atomic E-state index is -0.999. The molecule has 0 radical (unpaired) electrons. The molecule has 7 heteroatoms. The number of amides is 1. The highest BCUT2D eigenvalue weighted by atomic mass is 32.2. The molecule has 0 saturated carbocycles. The molecule has 1 aliphatic rings. The average molecular weight is 315 g/mol. The Labute approximate surface area is 125 Å². The third-order valence-electron chi connectivity index (χ3n) is 3.36. The van der Waals surface area contributed by atoms with Crippen molar-refractivity contribution in [3.05, 3.63) is 29.8 Å². The third kappa shape index (κ3) is 3.93. The van der Waals surface area contributed by atoms with Gasteiger partial charge in [0.05, 0.1) is 5.75 Å². The monoisotopic (exact) mass is 315 g/mol. The van der Waals surface area contributed by atoms with E-state index in [0.717, 1.165) is 36.7 Å². The number of thioether (sulfide) groups is 1. The average Bonchev–Trinajstić information content (AvgIpc) is 2.48. The van der Waals surface area contributed by atoms with Crippen molar-refractivity contribution in [3.8, 4) is 0 Å². The fourth-order valence-electron chi connectivity index (χ4n) is 2.28. The van der Waals surface area contributed by atoms with Crippen LogP contribution in [0.4, 0.5) is 8.78 Å². The largest absolute Gasteiger partial charge is 0.480 e. The molecule has 1 atom stereocenters. The van der Waals surface area contributed by atoms with Crippen molar-refractivity contribution in [2.24, 2.45) is 0 Å². The Morgan fingerprint density at radius 3 is 2.71 bits per heavy atom. The number of carbonyl (C=O) groups excluding carboxylic acids is 1. The van der Waals surface area contributed by atoms with E-state index in [9.17, 15) is 18.4 Å². The fraction of sp³-hybridized carbons (Fsp3) is 0.429. The van der Waals surface area contributed by atoms with Gasteiger partial charge < -0.3 is 10.0 Å². The van der Waals surface area contributed by atoms with Crippen molar-refractivity contribution in [1.29, 1.82) is 0 Å². The first-order valence-corrected chi connectivity index (χ1v) is 7.57. The van der Waals surface area contributed by atoms with E-state index >= 15 is 0 Å². The fourth-order valence-corrected chi connectivity index (χ4v) is 3.09. The molecule has 0 aliphatic carbocycles. The van der Waals surface area contributed by atoms with Gasteiger partial charge in [0, 0.05) is 11.4 Å². The molecular weight excluding hydrogens is 300 g/mol. The van der Waals surface area contributed by atoms with Gasteiger partial charge in [0.1, 0.15) is 6.04 Å². The van der Waals surface area contributed by atoms with E-state index in [1.165, 1.54) is 11.0 Å². The Balaban J connectivity index is 1.96. The Kier molecular flexibility index (Phi) is 5.17. The van der Waals surface area contributed by atoms with Crippen molar-refractivity contribution in [1.82, 2.24) is 4.90 Å². The summed E-state index contributed by atoms with van der Waals surface area (Å²) in [6, 6.07) is 2.64. The molecule has 1 fully saturated rings. The number of piperidine rings is 1. The number of carboxylic acid groups (broad SMARTS) is 1. The van der Waals surface area contributed by atoms with Crippen LogP contribution in [-0.2, 0) is 9.59 Å². The van der Waals surface area contributed by atoms with Crippen LogP contribution in [0.15, 0.2) is 23.1 Å². The zero-order valence-corrected chi connectivity index (χ0v) is 12.0. The number of hydrogen-bond donors (Lipinski definition) is 1. The number of likely N-dealkylation sites (tertiary alicyclic amines) is 1. The maximum absolute atomic E-state index is 13.1. The molecule has 1 aromatic rings. The minimum absolute atomic E-state index is 0.00878. The Bertz CT molecular complexity index is 553. The second-order valence-corrected chi connectivity index (χ2v) is 5.85. The lowest BCUT2D eigenvalue weighted by Crippen LogP contribution is -2.48. The summed E-state index contributed by atoms with van der Waals surface area (Å²) in [4.78, 5) is 25.0. The number of hydrogen-bond acceptors (Lipinski definition) is 3. The Hall–Kier alpha value is -1.63. The number of benzene rings is 1. The summed E-state index contributed by atoms with van der Waals surface area (Å²) in [6.45, 7) is 0.425. The predicted octanol–water partition coefficient (Wildman–Crippen LogP) is 2.52. The van der Waals surface area contributed by atoms with Crippen LogP contribution in [0, 0.1) is 11.6 Å². The third-order valence-corrected chi connectivity index (χ3v) is 4.34. The van der Waals surface area contributed by atoms with Crippen LogP contribution in [0.5, 0.6) is 0 Å². The molecule has 0 unspecified atom stereocenters. The van der Waals surface area contributed by atoms with Gasteiger partial charge in [-0.05, 0) is 37.5 Å². The summed E-state index contributed by atoms with van der Waals surface area (Å²) >= 11 is 1.07. The van der Waals surface area contributed by atoms with Gasteiger partial charge in [-0.3, -0.25) is 4.79 Å². The molecule has 1 heterocycles. The summed E-state index contributed by atoms with van der Waals surface area (Å²) in [6.07, 6.45) is 2.03. The lowest BCUT2D eigenvalue weighted by atomic mass is 10.0. The number of nitrogens with zero attached hydrogens (tertiary/aromatic N) is 1. The molecule has 1 aromatic carbocycles. The van der Waals surface area contributed by atoms with Crippen LogP contribution in [0.1, 0.15) is 19.3 Å². The highest BCUT2D eigenvalue weighted by Gasteiger charge is 2.31. The lowest BCUT2D eigenvalue weighted by molar-refractivity contribution is -0.150. The van der Waals surface area contributed by atoms with Gasteiger partial charge in [-0.1, -0.05) is 0 Å². The molecule has 1 N–H and O–H groups in total. The van der Waals surface area contributed by atoms with Crippen LogP contribution in [0.25, 0.3) is 0 Å². The van der Waals surface area contributed by atoms with Crippen LogP contribution < -0.4 is 0 Å². The highest BCUT2D eigenvalue weighted by molar-refractivity contribution is 8.00. The standard InChI is InChI=1S/C14H15F2NO3S/c15-10-5-4-9(7-11(10)16)21-8-13(18)17-6-2-1-3-12(17)14(19)20/h4-5,7,12H,1-3,6,8H2,(H,19,20)/t12-/m1/s1. The number of carbonyl (C=O) groups is 2. The van der Waals surface area contributed by atoms with Crippen LogP contribution in [-0.4, -0.2) is 40.2 Å². The van der Waals surface area contributed by atoms with E-state index in [4.69, 9.17) is 5.11 Å². The van der Waals surface area contributed by atoms with Crippen LogP contribution >= 0.6 is 11.8 Å². The molecule has 114 valence electrons. The van der Waals surface area contributed by atoms with E-state index < -0.39 is 23.6 Å². The Morgan fingerprint density at radius 2 is 2.05 bits per heavy atom. The number of carboxylic acids is 1. The van der Waals surface area contributed by atoms with Gasteiger partial charge in [-0.25, -0.2) is 13.6 Å². The maximum Gasteiger partial charge on any atom is 0.326 e. The highest BCUT2D eigenvalue weighted by Crippen LogP contribution is 2.23. The SMILES string of the molecule is O=C(O)[C@H]1CCCCN1C(=O)CSc1ccc(F)c(F)c1. The molecule has 0 bridgehead atoms. The van der Waals surface area contributed by atoms with E-state index in [0.29, 0.717) is 17.9 Å². The van der Waals surface area contributed by atoms with Gasteiger partial charge >= 0.3 is 5.97 Å². The van der Waals surface area contributed by atoms with Gasteiger partial charge in [-0.2, -0.15) is 0 Å². The smallest absolute Gasteiger partial charge is 0.326 e. The molecule has 2 rings (SSSR count). The predicted molar refractivity (Wildman–Crippen MR) is 74.1 cm³/mol. The molecule has 0 spiro atoms. The molecular formula is C14H15F2NO3S. The van der Waals surface area contributed by atoms with E-state index in [1.807, 2.05) is 0 Å². The quantitative estimate of drug-likeness (QED) is 0.868. The van der Waals surface area contributed by atoms with Crippen molar-refractivity contribution < 1.29 is 23.5 Å². The van der Waals surface area contributed by atoms with Gasteiger partial charge in [0.2, 0.25) is 5.91 Å². The second kappa shape index (κ2) is 6.89. The first-order chi connectivity index (χ1) is 9.99. The Morgan fingerprint density at radius 1 is 1.29 bits per heavy atom. The lowest BCUT2D eigenvalue weighted by Gasteiger charge is -2.32. The first kappa shape index (κ1) is 15.8. The van der Waals surface area contributed by atoms with E-state index in [-0.39, 0.29) is 11.7 Å². The molecule has 21 heavy (non-hydrogen) atoms. The van der Waals surface area contributed by atoms with Gasteiger partial charge in [0.15, 0.2) is 11.6 Å². The van der Waals surface area contributed by atoms with Crippen molar-refractivity contribution in [3.63, 3.8) is 0 Å². The summed E-state index contributed by atoms with van der Waals surface area (Å²) in [5.74, 6) is -3.19. The molecule has 0 aromatic heterocycles. The zero-order valence-electron chi connectivity index (χ0n) is 11.2. The first-order valence-electron chi connectivity index (χ1n) is 6.59.